The van der Waals surface area contributed by atoms with Gasteiger partial charge in [0.05, 0.1) is 5.41 Å². The summed E-state index contributed by atoms with van der Waals surface area (Å²) in [4.78, 5) is 11.0. The lowest BCUT2D eigenvalue weighted by atomic mass is 9.75. The van der Waals surface area contributed by atoms with Gasteiger partial charge in [0.1, 0.15) is 0 Å². The molecule has 0 amide bonds. The Morgan fingerprint density at radius 3 is 2.69 bits per heavy atom. The van der Waals surface area contributed by atoms with Crippen molar-refractivity contribution >= 4 is 5.97 Å². The monoisotopic (exact) mass is 185 g/mol. The molecule has 0 aromatic carbocycles. The zero-order valence-corrected chi connectivity index (χ0v) is 8.47. The van der Waals surface area contributed by atoms with Crippen LogP contribution >= 0.6 is 0 Å². The molecule has 1 atom stereocenters. The molecule has 1 fully saturated rings. The highest BCUT2D eigenvalue weighted by molar-refractivity contribution is 5.74. The van der Waals surface area contributed by atoms with Crippen LogP contribution in [0.15, 0.2) is 0 Å². The number of carbonyl (C=O) groups is 1. The van der Waals surface area contributed by atoms with E-state index in [2.05, 4.69) is 5.32 Å². The minimum atomic E-state index is -0.667. The zero-order valence-electron chi connectivity index (χ0n) is 8.47. The van der Waals surface area contributed by atoms with Crippen LogP contribution in [0, 0.1) is 11.3 Å². The SMILES string of the molecule is CC(C)(C(=O)O)C1CCCNCC1. The van der Waals surface area contributed by atoms with Crippen LogP contribution in [0.5, 0.6) is 0 Å². The summed E-state index contributed by atoms with van der Waals surface area (Å²) in [6.45, 7) is 5.67. The average Bonchev–Trinajstić information content (AvgIpc) is 2.31. The minimum Gasteiger partial charge on any atom is -0.481 e. The van der Waals surface area contributed by atoms with Crippen LogP contribution in [0.1, 0.15) is 33.1 Å². The predicted molar refractivity (Wildman–Crippen MR) is 51.6 cm³/mol. The Kier molecular flexibility index (Phi) is 3.31. The Labute approximate surface area is 79.5 Å². The Morgan fingerprint density at radius 2 is 2.08 bits per heavy atom. The second-order valence-corrected chi connectivity index (χ2v) is 4.40. The minimum absolute atomic E-state index is 0.319. The number of carboxylic acid groups (broad SMARTS) is 1. The van der Waals surface area contributed by atoms with Crippen molar-refractivity contribution in [1.82, 2.24) is 5.32 Å². The van der Waals surface area contributed by atoms with E-state index in [1.54, 1.807) is 0 Å². The van der Waals surface area contributed by atoms with E-state index < -0.39 is 11.4 Å². The Bertz CT molecular complexity index is 181. The summed E-state index contributed by atoms with van der Waals surface area (Å²) >= 11 is 0. The third-order valence-electron chi connectivity index (χ3n) is 3.15. The highest BCUT2D eigenvalue weighted by atomic mass is 16.4. The lowest BCUT2D eigenvalue weighted by Crippen LogP contribution is -2.33. The summed E-state index contributed by atoms with van der Waals surface area (Å²) in [6, 6.07) is 0. The van der Waals surface area contributed by atoms with Gasteiger partial charge in [-0.2, -0.15) is 0 Å². The number of nitrogens with one attached hydrogen (secondary N) is 1. The molecule has 1 heterocycles. The highest BCUT2D eigenvalue weighted by Gasteiger charge is 2.36. The fourth-order valence-electron chi connectivity index (χ4n) is 1.92. The second-order valence-electron chi connectivity index (χ2n) is 4.40. The van der Waals surface area contributed by atoms with E-state index >= 15 is 0 Å². The molecule has 0 saturated carbocycles. The molecule has 3 heteroatoms. The Hall–Kier alpha value is -0.570. The molecule has 0 aliphatic carbocycles. The third-order valence-corrected chi connectivity index (χ3v) is 3.15. The Balaban J connectivity index is 2.62. The molecular formula is C10H19NO2. The van der Waals surface area contributed by atoms with Gasteiger partial charge in [-0.3, -0.25) is 4.79 Å². The third kappa shape index (κ3) is 2.44. The molecule has 0 bridgehead atoms. The normalized spacial score (nSPS) is 25.2. The molecule has 0 radical (unpaired) electrons. The summed E-state index contributed by atoms with van der Waals surface area (Å²) in [5.41, 5.74) is -0.563. The number of hydrogen-bond acceptors (Lipinski definition) is 2. The van der Waals surface area contributed by atoms with E-state index in [9.17, 15) is 4.79 Å². The number of rotatable bonds is 2. The first-order chi connectivity index (χ1) is 6.05. The van der Waals surface area contributed by atoms with Crippen molar-refractivity contribution in [2.45, 2.75) is 33.1 Å². The standard InChI is InChI=1S/C10H19NO2/c1-10(2,9(12)13)8-4-3-6-11-7-5-8/h8,11H,3-7H2,1-2H3,(H,12,13). The van der Waals surface area contributed by atoms with Crippen LogP contribution in [-0.2, 0) is 4.79 Å². The van der Waals surface area contributed by atoms with E-state index in [4.69, 9.17) is 5.11 Å². The maximum absolute atomic E-state index is 11.0. The van der Waals surface area contributed by atoms with Gasteiger partial charge in [-0.05, 0) is 52.1 Å². The second kappa shape index (κ2) is 4.09. The first-order valence-corrected chi connectivity index (χ1v) is 4.99. The van der Waals surface area contributed by atoms with Crippen molar-refractivity contribution in [2.24, 2.45) is 11.3 Å². The van der Waals surface area contributed by atoms with Gasteiger partial charge < -0.3 is 10.4 Å². The lowest BCUT2D eigenvalue weighted by molar-refractivity contribution is -0.150. The van der Waals surface area contributed by atoms with Crippen molar-refractivity contribution in [3.63, 3.8) is 0 Å². The highest BCUT2D eigenvalue weighted by Crippen LogP contribution is 2.33. The summed E-state index contributed by atoms with van der Waals surface area (Å²) in [5.74, 6) is -0.348. The van der Waals surface area contributed by atoms with Gasteiger partial charge >= 0.3 is 5.97 Å². The maximum atomic E-state index is 11.0. The summed E-state index contributed by atoms with van der Waals surface area (Å²) in [7, 11) is 0. The van der Waals surface area contributed by atoms with E-state index in [-0.39, 0.29) is 0 Å². The number of carboxylic acids is 1. The molecule has 0 spiro atoms. The lowest BCUT2D eigenvalue weighted by Gasteiger charge is -2.29. The van der Waals surface area contributed by atoms with Gasteiger partial charge in [-0.15, -0.1) is 0 Å². The van der Waals surface area contributed by atoms with Crippen LogP contribution in [0.2, 0.25) is 0 Å². The van der Waals surface area contributed by atoms with E-state index in [1.165, 1.54) is 0 Å². The largest absolute Gasteiger partial charge is 0.481 e. The van der Waals surface area contributed by atoms with Gasteiger partial charge in [0, 0.05) is 0 Å². The van der Waals surface area contributed by atoms with E-state index in [0.717, 1.165) is 32.4 Å². The van der Waals surface area contributed by atoms with Crippen molar-refractivity contribution in [3.8, 4) is 0 Å². The quantitative estimate of drug-likeness (QED) is 0.685. The van der Waals surface area contributed by atoms with Crippen molar-refractivity contribution in [2.75, 3.05) is 13.1 Å². The number of hydrogen-bond donors (Lipinski definition) is 2. The van der Waals surface area contributed by atoms with Gasteiger partial charge in [0.15, 0.2) is 0 Å². The molecule has 0 aromatic heterocycles. The van der Waals surface area contributed by atoms with Gasteiger partial charge in [0.2, 0.25) is 0 Å². The van der Waals surface area contributed by atoms with Crippen molar-refractivity contribution in [3.05, 3.63) is 0 Å². The molecule has 1 saturated heterocycles. The predicted octanol–water partition coefficient (Wildman–Crippen LogP) is 1.49. The van der Waals surface area contributed by atoms with Crippen LogP contribution in [0.3, 0.4) is 0 Å². The molecular weight excluding hydrogens is 166 g/mol. The summed E-state index contributed by atoms with van der Waals surface area (Å²) < 4.78 is 0. The van der Waals surface area contributed by atoms with E-state index in [0.29, 0.717) is 5.92 Å². The van der Waals surface area contributed by atoms with Gasteiger partial charge in [-0.25, -0.2) is 0 Å². The smallest absolute Gasteiger partial charge is 0.309 e. The van der Waals surface area contributed by atoms with Crippen LogP contribution in [0.25, 0.3) is 0 Å². The van der Waals surface area contributed by atoms with Gasteiger partial charge in [0.25, 0.3) is 0 Å². The first kappa shape index (κ1) is 10.5. The van der Waals surface area contributed by atoms with Crippen molar-refractivity contribution in [1.29, 1.82) is 0 Å². The molecule has 1 rings (SSSR count). The van der Waals surface area contributed by atoms with Crippen LogP contribution in [0.4, 0.5) is 0 Å². The topological polar surface area (TPSA) is 49.3 Å². The van der Waals surface area contributed by atoms with Gasteiger partial charge in [-0.1, -0.05) is 0 Å². The molecule has 3 nitrogen and oxygen atoms in total. The van der Waals surface area contributed by atoms with Crippen molar-refractivity contribution < 1.29 is 9.90 Å². The first-order valence-electron chi connectivity index (χ1n) is 4.99. The molecule has 2 N–H and O–H groups in total. The fraction of sp³-hybridized carbons (Fsp3) is 0.900. The molecule has 0 aromatic rings. The molecule has 76 valence electrons. The zero-order chi connectivity index (χ0) is 9.90. The number of aliphatic carboxylic acids is 1. The summed E-state index contributed by atoms with van der Waals surface area (Å²) in [5, 5.41) is 12.4. The molecule has 1 aliphatic heterocycles. The maximum Gasteiger partial charge on any atom is 0.309 e. The molecule has 1 unspecified atom stereocenters. The van der Waals surface area contributed by atoms with Crippen LogP contribution < -0.4 is 5.32 Å². The average molecular weight is 185 g/mol. The molecule has 13 heavy (non-hydrogen) atoms. The summed E-state index contributed by atoms with van der Waals surface area (Å²) in [6.07, 6.45) is 3.12. The van der Waals surface area contributed by atoms with E-state index in [1.807, 2.05) is 13.8 Å². The van der Waals surface area contributed by atoms with Crippen LogP contribution in [-0.4, -0.2) is 24.2 Å². The fourth-order valence-corrected chi connectivity index (χ4v) is 1.92. The molecule has 1 aliphatic rings. The Morgan fingerprint density at radius 1 is 1.38 bits per heavy atom.